The fraction of sp³-hybridized carbons (Fsp3) is 0.312. The van der Waals surface area contributed by atoms with E-state index in [0.717, 1.165) is 28.9 Å². The molecule has 0 unspecified atom stereocenters. The number of rotatable bonds is 0. The fourth-order valence-corrected chi connectivity index (χ4v) is 2.73. The molecule has 0 saturated heterocycles. The van der Waals surface area contributed by atoms with Crippen molar-refractivity contribution in [1.82, 2.24) is 0 Å². The number of fused-ring (bicyclic) bond motifs is 1. The van der Waals surface area contributed by atoms with Gasteiger partial charge in [-0.2, -0.15) is 0 Å². The quantitative estimate of drug-likeness (QED) is 0.746. The third-order valence-corrected chi connectivity index (χ3v) is 3.60. The summed E-state index contributed by atoms with van der Waals surface area (Å²) in [7, 11) is 0. The van der Waals surface area contributed by atoms with Crippen molar-refractivity contribution in [1.29, 1.82) is 0 Å². The van der Waals surface area contributed by atoms with Crippen LogP contribution in [0.15, 0.2) is 41.6 Å². The average molecular weight is 239 g/mol. The molecular formula is C16H17NO. The van der Waals surface area contributed by atoms with Gasteiger partial charge in [0.25, 0.3) is 0 Å². The van der Waals surface area contributed by atoms with E-state index < -0.39 is 0 Å². The van der Waals surface area contributed by atoms with Gasteiger partial charge in [0.1, 0.15) is 0 Å². The third kappa shape index (κ3) is 1.88. The van der Waals surface area contributed by atoms with Crippen molar-refractivity contribution >= 4 is 17.5 Å². The van der Waals surface area contributed by atoms with E-state index in [1.807, 2.05) is 24.3 Å². The first-order chi connectivity index (χ1) is 8.55. The Hall–Kier alpha value is -1.83. The Morgan fingerprint density at radius 1 is 1.11 bits per heavy atom. The molecule has 3 rings (SSSR count). The van der Waals surface area contributed by atoms with Gasteiger partial charge in [-0.1, -0.05) is 38.1 Å². The summed E-state index contributed by atoms with van der Waals surface area (Å²) in [5.74, 6) is 0.248. The zero-order chi connectivity index (χ0) is 12.8. The Labute approximate surface area is 107 Å². The molecule has 1 heterocycles. The topological polar surface area (TPSA) is 29.1 Å². The van der Waals surface area contributed by atoms with Crippen molar-refractivity contribution in [2.75, 3.05) is 5.32 Å². The summed E-state index contributed by atoms with van der Waals surface area (Å²) in [5, 5.41) is 3.44. The van der Waals surface area contributed by atoms with Crippen LogP contribution in [0, 0.1) is 5.41 Å². The van der Waals surface area contributed by atoms with E-state index in [0.29, 0.717) is 6.42 Å². The van der Waals surface area contributed by atoms with Crippen LogP contribution in [-0.4, -0.2) is 5.78 Å². The maximum atomic E-state index is 12.2. The number of benzene rings is 1. The standard InChI is InChI=1S/C16H17NO/c1-16(2)9-14-12(15(18)10-16)8-7-11-5-3-4-6-13(11)17-14/h3-8,17H,9-10H2,1-2H3. The van der Waals surface area contributed by atoms with Crippen molar-refractivity contribution in [3.63, 3.8) is 0 Å². The fourth-order valence-electron chi connectivity index (χ4n) is 2.73. The molecule has 0 saturated carbocycles. The second kappa shape index (κ2) is 3.84. The predicted octanol–water partition coefficient (Wildman–Crippen LogP) is 3.77. The number of ketones is 1. The highest BCUT2D eigenvalue weighted by Gasteiger charge is 2.32. The third-order valence-electron chi connectivity index (χ3n) is 3.60. The van der Waals surface area contributed by atoms with Crippen LogP contribution in [-0.2, 0) is 4.79 Å². The van der Waals surface area contributed by atoms with Gasteiger partial charge in [0.2, 0.25) is 0 Å². The van der Waals surface area contributed by atoms with E-state index in [2.05, 4.69) is 31.3 Å². The highest BCUT2D eigenvalue weighted by molar-refractivity contribution is 6.02. The molecule has 92 valence electrons. The molecule has 0 aromatic heterocycles. The maximum absolute atomic E-state index is 12.2. The minimum absolute atomic E-state index is 0.0516. The average Bonchev–Trinajstić information content (AvgIpc) is 2.46. The second-order valence-electron chi connectivity index (χ2n) is 5.88. The number of nitrogens with one attached hydrogen (secondary N) is 1. The molecule has 0 fully saturated rings. The first-order valence-corrected chi connectivity index (χ1v) is 6.36. The van der Waals surface area contributed by atoms with Crippen molar-refractivity contribution in [3.8, 4) is 0 Å². The first-order valence-electron chi connectivity index (χ1n) is 6.36. The van der Waals surface area contributed by atoms with Gasteiger partial charge in [0.15, 0.2) is 5.78 Å². The summed E-state index contributed by atoms with van der Waals surface area (Å²) in [5.41, 5.74) is 4.19. The summed E-state index contributed by atoms with van der Waals surface area (Å²) in [6, 6.07) is 8.15. The molecule has 1 aliphatic carbocycles. The van der Waals surface area contributed by atoms with E-state index in [-0.39, 0.29) is 11.2 Å². The van der Waals surface area contributed by atoms with Crippen molar-refractivity contribution in [3.05, 3.63) is 47.2 Å². The summed E-state index contributed by atoms with van der Waals surface area (Å²) in [4.78, 5) is 12.2. The Bertz CT molecular complexity index is 579. The normalized spacial score (nSPS) is 20.9. The largest absolute Gasteiger partial charge is 0.358 e. The molecule has 2 heteroatoms. The molecule has 1 N–H and O–H groups in total. The highest BCUT2D eigenvalue weighted by Crippen LogP contribution is 2.39. The molecule has 0 amide bonds. The Morgan fingerprint density at radius 2 is 1.89 bits per heavy atom. The molecule has 0 bridgehead atoms. The van der Waals surface area contributed by atoms with Crippen molar-refractivity contribution < 1.29 is 4.79 Å². The lowest BCUT2D eigenvalue weighted by Gasteiger charge is -2.31. The number of carbonyl (C=O) groups is 1. The summed E-state index contributed by atoms with van der Waals surface area (Å²) < 4.78 is 0. The van der Waals surface area contributed by atoms with Gasteiger partial charge in [-0.05, 0) is 29.5 Å². The number of carbonyl (C=O) groups excluding carboxylic acids is 1. The van der Waals surface area contributed by atoms with Gasteiger partial charge >= 0.3 is 0 Å². The zero-order valence-corrected chi connectivity index (χ0v) is 10.8. The lowest BCUT2D eigenvalue weighted by molar-refractivity contribution is -0.117. The molecule has 2 nitrogen and oxygen atoms in total. The second-order valence-corrected chi connectivity index (χ2v) is 5.88. The monoisotopic (exact) mass is 239 g/mol. The zero-order valence-electron chi connectivity index (χ0n) is 10.8. The summed E-state index contributed by atoms with van der Waals surface area (Å²) >= 11 is 0. The number of allylic oxidation sites excluding steroid dienone is 3. The van der Waals surface area contributed by atoms with Crippen LogP contribution < -0.4 is 5.32 Å². The lowest BCUT2D eigenvalue weighted by Crippen LogP contribution is -2.27. The van der Waals surface area contributed by atoms with Gasteiger partial charge in [0.05, 0.1) is 0 Å². The lowest BCUT2D eigenvalue weighted by atomic mass is 9.76. The van der Waals surface area contributed by atoms with Crippen LogP contribution in [0.3, 0.4) is 0 Å². The minimum atomic E-state index is 0.0516. The van der Waals surface area contributed by atoms with E-state index in [1.54, 1.807) is 0 Å². The Kier molecular flexibility index (Phi) is 2.40. The van der Waals surface area contributed by atoms with Crippen LogP contribution in [0.4, 0.5) is 5.69 Å². The van der Waals surface area contributed by atoms with Crippen LogP contribution in [0.2, 0.25) is 0 Å². The smallest absolute Gasteiger partial charge is 0.165 e. The van der Waals surface area contributed by atoms with Gasteiger partial charge in [-0.3, -0.25) is 4.79 Å². The van der Waals surface area contributed by atoms with E-state index in [9.17, 15) is 4.79 Å². The van der Waals surface area contributed by atoms with E-state index in [4.69, 9.17) is 0 Å². The summed E-state index contributed by atoms with van der Waals surface area (Å²) in [6.45, 7) is 4.30. The molecular weight excluding hydrogens is 222 g/mol. The van der Waals surface area contributed by atoms with Gasteiger partial charge in [-0.25, -0.2) is 0 Å². The number of hydrogen-bond acceptors (Lipinski definition) is 2. The van der Waals surface area contributed by atoms with Crippen LogP contribution in [0.25, 0.3) is 6.08 Å². The molecule has 0 spiro atoms. The molecule has 1 aromatic rings. The highest BCUT2D eigenvalue weighted by atomic mass is 16.1. The van der Waals surface area contributed by atoms with Crippen molar-refractivity contribution in [2.45, 2.75) is 26.7 Å². The van der Waals surface area contributed by atoms with Gasteiger partial charge in [0, 0.05) is 23.4 Å². The van der Waals surface area contributed by atoms with Crippen LogP contribution in [0.1, 0.15) is 32.3 Å². The molecule has 1 aliphatic heterocycles. The van der Waals surface area contributed by atoms with Gasteiger partial charge < -0.3 is 5.32 Å². The molecule has 0 radical (unpaired) electrons. The molecule has 18 heavy (non-hydrogen) atoms. The van der Waals surface area contributed by atoms with Crippen LogP contribution >= 0.6 is 0 Å². The first kappa shape index (κ1) is 11.3. The number of anilines is 1. The molecule has 0 atom stereocenters. The maximum Gasteiger partial charge on any atom is 0.165 e. The number of hydrogen-bond donors (Lipinski definition) is 1. The van der Waals surface area contributed by atoms with E-state index in [1.165, 1.54) is 0 Å². The SMILES string of the molecule is CC1(C)CC(=O)C2=C(C1)Nc1ccccc1C=C2. The minimum Gasteiger partial charge on any atom is -0.358 e. The van der Waals surface area contributed by atoms with Gasteiger partial charge in [-0.15, -0.1) is 0 Å². The molecule has 2 aliphatic rings. The van der Waals surface area contributed by atoms with Crippen LogP contribution in [0.5, 0.6) is 0 Å². The Morgan fingerprint density at radius 3 is 2.72 bits per heavy atom. The number of Topliss-reactive ketones (excluding diaryl/α,β-unsaturated/α-hetero) is 1. The summed E-state index contributed by atoms with van der Waals surface area (Å²) in [6.07, 6.45) is 5.55. The molecule has 1 aromatic carbocycles. The van der Waals surface area contributed by atoms with Crippen molar-refractivity contribution in [2.24, 2.45) is 5.41 Å². The Balaban J connectivity index is 2.07. The predicted molar refractivity (Wildman–Crippen MR) is 74.1 cm³/mol. The number of para-hydroxylation sites is 1. The van der Waals surface area contributed by atoms with E-state index >= 15 is 0 Å².